The molecule has 0 aromatic heterocycles. The molecule has 2 rings (SSSR count). The molecule has 1 fully saturated rings. The van der Waals surface area contributed by atoms with Gasteiger partial charge in [0.15, 0.2) is 0 Å². The predicted octanol–water partition coefficient (Wildman–Crippen LogP) is 3.81. The third-order valence-electron chi connectivity index (χ3n) is 5.04. The van der Waals surface area contributed by atoms with Gasteiger partial charge in [0.25, 0.3) is 0 Å². The molecule has 0 aliphatic heterocycles. The van der Waals surface area contributed by atoms with E-state index >= 15 is 0 Å². The van der Waals surface area contributed by atoms with Crippen molar-refractivity contribution in [2.45, 2.75) is 64.3 Å². The standard InChI is InChI=1S/C17H28N2/c1-2-17(13-6-7-14-17)16(19-18)12-8-11-15-9-4-3-5-10-15/h3-5,9-10,16,19H,2,6-8,11-14,18H2,1H3. The molecule has 0 amide bonds. The Labute approximate surface area is 117 Å². The summed E-state index contributed by atoms with van der Waals surface area (Å²) in [7, 11) is 0. The van der Waals surface area contributed by atoms with Crippen molar-refractivity contribution in [3.63, 3.8) is 0 Å². The molecule has 1 saturated carbocycles. The van der Waals surface area contributed by atoms with E-state index in [0.717, 1.165) is 0 Å². The molecule has 1 atom stereocenters. The van der Waals surface area contributed by atoms with E-state index in [1.807, 2.05) is 0 Å². The molecule has 0 saturated heterocycles. The van der Waals surface area contributed by atoms with Crippen molar-refractivity contribution < 1.29 is 0 Å². The van der Waals surface area contributed by atoms with Crippen molar-refractivity contribution in [3.8, 4) is 0 Å². The third-order valence-corrected chi connectivity index (χ3v) is 5.04. The van der Waals surface area contributed by atoms with Crippen LogP contribution in [-0.4, -0.2) is 6.04 Å². The molecule has 19 heavy (non-hydrogen) atoms. The Morgan fingerprint density at radius 3 is 2.47 bits per heavy atom. The molecule has 1 unspecified atom stereocenters. The molecule has 0 radical (unpaired) electrons. The molecular formula is C17H28N2. The smallest absolute Gasteiger partial charge is 0.0266 e. The van der Waals surface area contributed by atoms with Crippen molar-refractivity contribution in [2.24, 2.45) is 11.3 Å². The molecule has 1 aromatic rings. The van der Waals surface area contributed by atoms with Crippen molar-refractivity contribution in [3.05, 3.63) is 35.9 Å². The fourth-order valence-electron chi connectivity index (χ4n) is 3.75. The number of nitrogens with two attached hydrogens (primary N) is 1. The highest BCUT2D eigenvalue weighted by Crippen LogP contribution is 2.44. The highest BCUT2D eigenvalue weighted by atomic mass is 15.2. The van der Waals surface area contributed by atoms with Crippen LogP contribution in [0.25, 0.3) is 0 Å². The first kappa shape index (κ1) is 14.5. The summed E-state index contributed by atoms with van der Waals surface area (Å²) in [5, 5.41) is 0. The predicted molar refractivity (Wildman–Crippen MR) is 81.7 cm³/mol. The minimum atomic E-state index is 0.464. The second kappa shape index (κ2) is 7.06. The monoisotopic (exact) mass is 260 g/mol. The summed E-state index contributed by atoms with van der Waals surface area (Å²) in [5.74, 6) is 5.84. The van der Waals surface area contributed by atoms with Crippen molar-refractivity contribution >= 4 is 0 Å². The molecule has 0 spiro atoms. The molecule has 0 bridgehead atoms. The maximum absolute atomic E-state index is 5.84. The second-order valence-corrected chi connectivity index (χ2v) is 6.02. The lowest BCUT2D eigenvalue weighted by atomic mass is 9.74. The molecule has 1 aliphatic carbocycles. The first-order valence-corrected chi connectivity index (χ1v) is 7.81. The number of benzene rings is 1. The Balaban J connectivity index is 1.85. The maximum Gasteiger partial charge on any atom is 0.0266 e. The molecule has 2 nitrogen and oxygen atoms in total. The normalized spacial score (nSPS) is 19.5. The topological polar surface area (TPSA) is 38.0 Å². The Morgan fingerprint density at radius 1 is 1.21 bits per heavy atom. The van der Waals surface area contributed by atoms with Gasteiger partial charge in [-0.05, 0) is 49.5 Å². The van der Waals surface area contributed by atoms with Crippen molar-refractivity contribution in [2.75, 3.05) is 0 Å². The van der Waals surface area contributed by atoms with Crippen LogP contribution in [0.1, 0.15) is 57.4 Å². The SMILES string of the molecule is CCC1(C(CCCc2ccccc2)NN)CCCC1. The number of aryl methyl sites for hydroxylation is 1. The van der Waals surface area contributed by atoms with E-state index in [0.29, 0.717) is 11.5 Å². The quantitative estimate of drug-likeness (QED) is 0.578. The van der Waals surface area contributed by atoms with E-state index in [1.54, 1.807) is 0 Å². The molecule has 1 aliphatic rings. The van der Waals surface area contributed by atoms with Crippen LogP contribution in [-0.2, 0) is 6.42 Å². The average molecular weight is 260 g/mol. The van der Waals surface area contributed by atoms with Crippen molar-refractivity contribution in [1.82, 2.24) is 5.43 Å². The van der Waals surface area contributed by atoms with Gasteiger partial charge in [0.1, 0.15) is 0 Å². The fourth-order valence-corrected chi connectivity index (χ4v) is 3.75. The van der Waals surface area contributed by atoms with Crippen molar-refractivity contribution in [1.29, 1.82) is 0 Å². The largest absolute Gasteiger partial charge is 0.271 e. The highest BCUT2D eigenvalue weighted by molar-refractivity contribution is 5.14. The van der Waals surface area contributed by atoms with Gasteiger partial charge >= 0.3 is 0 Å². The summed E-state index contributed by atoms with van der Waals surface area (Å²) in [5.41, 5.74) is 5.03. The molecule has 3 N–H and O–H groups in total. The number of hydrazine groups is 1. The summed E-state index contributed by atoms with van der Waals surface area (Å²) in [6, 6.07) is 11.3. The zero-order chi connectivity index (χ0) is 13.6. The van der Waals surface area contributed by atoms with Crippen LogP contribution >= 0.6 is 0 Å². The van der Waals surface area contributed by atoms with Gasteiger partial charge < -0.3 is 0 Å². The van der Waals surface area contributed by atoms with Crippen LogP contribution in [0.4, 0.5) is 0 Å². The van der Waals surface area contributed by atoms with Gasteiger partial charge in [-0.2, -0.15) is 0 Å². The lowest BCUT2D eigenvalue weighted by Gasteiger charge is -2.36. The second-order valence-electron chi connectivity index (χ2n) is 6.02. The molecule has 106 valence electrons. The summed E-state index contributed by atoms with van der Waals surface area (Å²) in [6.07, 6.45) is 10.3. The van der Waals surface area contributed by atoms with Crippen LogP contribution in [0.5, 0.6) is 0 Å². The van der Waals surface area contributed by atoms with E-state index < -0.39 is 0 Å². The molecule has 2 heteroatoms. The zero-order valence-corrected chi connectivity index (χ0v) is 12.2. The molecule has 0 heterocycles. The number of rotatable bonds is 7. The average Bonchev–Trinajstić information content (AvgIpc) is 2.95. The van der Waals surface area contributed by atoms with E-state index in [9.17, 15) is 0 Å². The van der Waals surface area contributed by atoms with Crippen LogP contribution in [0.3, 0.4) is 0 Å². The highest BCUT2D eigenvalue weighted by Gasteiger charge is 2.38. The lowest BCUT2D eigenvalue weighted by molar-refractivity contribution is 0.175. The summed E-state index contributed by atoms with van der Waals surface area (Å²) >= 11 is 0. The Bertz CT molecular complexity index is 355. The van der Waals surface area contributed by atoms with E-state index in [4.69, 9.17) is 5.84 Å². The first-order valence-electron chi connectivity index (χ1n) is 7.81. The first-order chi connectivity index (χ1) is 9.30. The zero-order valence-electron chi connectivity index (χ0n) is 12.2. The van der Waals surface area contributed by atoms with Gasteiger partial charge in [-0.3, -0.25) is 11.3 Å². The summed E-state index contributed by atoms with van der Waals surface area (Å²) in [6.45, 7) is 2.33. The Kier molecular flexibility index (Phi) is 5.41. The van der Waals surface area contributed by atoms with Gasteiger partial charge in [-0.1, -0.05) is 50.1 Å². The fraction of sp³-hybridized carbons (Fsp3) is 0.647. The number of hydrogen-bond donors (Lipinski definition) is 2. The number of hydrogen-bond acceptors (Lipinski definition) is 2. The minimum absolute atomic E-state index is 0.464. The molecule has 1 aromatic carbocycles. The molecular weight excluding hydrogens is 232 g/mol. The van der Waals surface area contributed by atoms with E-state index in [2.05, 4.69) is 42.7 Å². The van der Waals surface area contributed by atoms with E-state index in [1.165, 1.54) is 56.9 Å². The van der Waals surface area contributed by atoms with Crippen LogP contribution in [0, 0.1) is 5.41 Å². The third kappa shape index (κ3) is 3.58. The minimum Gasteiger partial charge on any atom is -0.271 e. The van der Waals surface area contributed by atoms with Gasteiger partial charge in [-0.25, -0.2) is 0 Å². The van der Waals surface area contributed by atoms with Gasteiger partial charge in [0.2, 0.25) is 0 Å². The Hall–Kier alpha value is -0.860. The van der Waals surface area contributed by atoms with Gasteiger partial charge in [-0.15, -0.1) is 0 Å². The Morgan fingerprint density at radius 2 is 1.89 bits per heavy atom. The van der Waals surface area contributed by atoms with Crippen LogP contribution in [0.2, 0.25) is 0 Å². The van der Waals surface area contributed by atoms with Crippen LogP contribution in [0.15, 0.2) is 30.3 Å². The lowest BCUT2D eigenvalue weighted by Crippen LogP contribution is -2.47. The van der Waals surface area contributed by atoms with Gasteiger partial charge in [0, 0.05) is 6.04 Å². The van der Waals surface area contributed by atoms with Gasteiger partial charge in [0.05, 0.1) is 0 Å². The summed E-state index contributed by atoms with van der Waals surface area (Å²) < 4.78 is 0. The van der Waals surface area contributed by atoms with E-state index in [-0.39, 0.29) is 0 Å². The maximum atomic E-state index is 5.84. The number of nitrogens with one attached hydrogen (secondary N) is 1. The van der Waals surface area contributed by atoms with Crippen LogP contribution < -0.4 is 11.3 Å². The summed E-state index contributed by atoms with van der Waals surface area (Å²) in [4.78, 5) is 0.